The van der Waals surface area contributed by atoms with Crippen LogP contribution in [-0.4, -0.2) is 32.8 Å². The molecule has 0 unspecified atom stereocenters. The topological polar surface area (TPSA) is 87.8 Å². The normalized spacial score (nSPS) is 9.67. The summed E-state index contributed by atoms with van der Waals surface area (Å²) in [5, 5.41) is 0. The first kappa shape index (κ1) is 13.8. The number of nitrogens with two attached hydrogens (primary N) is 1. The third kappa shape index (κ3) is 3.65. The highest BCUT2D eigenvalue weighted by molar-refractivity contribution is 5.90. The van der Waals surface area contributed by atoms with Gasteiger partial charge in [-0.3, -0.25) is 4.79 Å². The SMILES string of the molecule is COC(=O)CCOc1cc(C(=O)OC)ccc1N. The monoisotopic (exact) mass is 253 g/mol. The summed E-state index contributed by atoms with van der Waals surface area (Å²) in [5.41, 5.74) is 6.40. The van der Waals surface area contributed by atoms with E-state index in [9.17, 15) is 9.59 Å². The van der Waals surface area contributed by atoms with Gasteiger partial charge in [0.15, 0.2) is 0 Å². The molecule has 98 valence electrons. The summed E-state index contributed by atoms with van der Waals surface area (Å²) in [4.78, 5) is 22.2. The Morgan fingerprint density at radius 3 is 2.56 bits per heavy atom. The van der Waals surface area contributed by atoms with Gasteiger partial charge in [0.25, 0.3) is 0 Å². The molecule has 0 aliphatic heterocycles. The van der Waals surface area contributed by atoms with E-state index >= 15 is 0 Å². The van der Waals surface area contributed by atoms with E-state index in [-0.39, 0.29) is 19.0 Å². The fraction of sp³-hybridized carbons (Fsp3) is 0.333. The Balaban J connectivity index is 2.69. The molecule has 0 heterocycles. The van der Waals surface area contributed by atoms with Crippen LogP contribution < -0.4 is 10.5 Å². The zero-order chi connectivity index (χ0) is 13.5. The molecule has 18 heavy (non-hydrogen) atoms. The van der Waals surface area contributed by atoms with Crippen molar-refractivity contribution in [2.24, 2.45) is 0 Å². The lowest BCUT2D eigenvalue weighted by Crippen LogP contribution is -2.09. The van der Waals surface area contributed by atoms with Crippen molar-refractivity contribution in [1.82, 2.24) is 0 Å². The molecule has 0 aliphatic rings. The number of carbonyl (C=O) groups excluding carboxylic acids is 2. The number of nitrogen functional groups attached to an aromatic ring is 1. The van der Waals surface area contributed by atoms with E-state index < -0.39 is 5.97 Å². The van der Waals surface area contributed by atoms with Crippen molar-refractivity contribution in [2.75, 3.05) is 26.6 Å². The maximum Gasteiger partial charge on any atom is 0.337 e. The molecule has 6 heteroatoms. The maximum absolute atomic E-state index is 11.3. The molecule has 6 nitrogen and oxygen atoms in total. The van der Waals surface area contributed by atoms with Crippen LogP contribution >= 0.6 is 0 Å². The van der Waals surface area contributed by atoms with E-state index in [4.69, 9.17) is 10.5 Å². The van der Waals surface area contributed by atoms with Crippen molar-refractivity contribution in [1.29, 1.82) is 0 Å². The van der Waals surface area contributed by atoms with Crippen LogP contribution in [0.5, 0.6) is 5.75 Å². The molecular weight excluding hydrogens is 238 g/mol. The summed E-state index contributed by atoms with van der Waals surface area (Å²) in [7, 11) is 2.59. The van der Waals surface area contributed by atoms with E-state index in [0.717, 1.165) is 0 Å². The highest BCUT2D eigenvalue weighted by atomic mass is 16.5. The van der Waals surface area contributed by atoms with Gasteiger partial charge in [0.1, 0.15) is 5.75 Å². The number of methoxy groups -OCH3 is 2. The number of carbonyl (C=O) groups is 2. The van der Waals surface area contributed by atoms with Crippen molar-refractivity contribution in [3.8, 4) is 5.75 Å². The molecule has 1 aromatic carbocycles. The van der Waals surface area contributed by atoms with Crippen LogP contribution in [0.4, 0.5) is 5.69 Å². The van der Waals surface area contributed by atoms with E-state index in [1.165, 1.54) is 26.4 Å². The second-order valence-corrected chi connectivity index (χ2v) is 3.42. The smallest absolute Gasteiger partial charge is 0.337 e. The first-order valence-electron chi connectivity index (χ1n) is 5.26. The van der Waals surface area contributed by atoms with Crippen molar-refractivity contribution >= 4 is 17.6 Å². The van der Waals surface area contributed by atoms with Crippen LogP contribution in [0.25, 0.3) is 0 Å². The summed E-state index contributed by atoms with van der Waals surface area (Å²) in [6, 6.07) is 4.55. The predicted octanol–water partition coefficient (Wildman–Crippen LogP) is 0.997. The predicted molar refractivity (Wildman–Crippen MR) is 64.3 cm³/mol. The van der Waals surface area contributed by atoms with Crippen molar-refractivity contribution in [2.45, 2.75) is 6.42 Å². The number of esters is 2. The summed E-state index contributed by atoms with van der Waals surface area (Å²) in [5.74, 6) is -0.521. The highest BCUT2D eigenvalue weighted by Crippen LogP contribution is 2.23. The minimum absolute atomic E-state index is 0.110. The third-order valence-corrected chi connectivity index (χ3v) is 2.23. The molecule has 0 amide bonds. The Labute approximate surface area is 105 Å². The fourth-order valence-corrected chi connectivity index (χ4v) is 1.25. The Hall–Kier alpha value is -2.24. The van der Waals surface area contributed by atoms with Gasteiger partial charge in [0.2, 0.25) is 0 Å². The van der Waals surface area contributed by atoms with E-state index in [2.05, 4.69) is 9.47 Å². The lowest BCUT2D eigenvalue weighted by Gasteiger charge is -2.09. The Bertz CT molecular complexity index is 444. The van der Waals surface area contributed by atoms with Crippen LogP contribution in [0, 0.1) is 0 Å². The van der Waals surface area contributed by atoms with Gasteiger partial charge >= 0.3 is 11.9 Å². The van der Waals surface area contributed by atoms with E-state index in [0.29, 0.717) is 17.0 Å². The Morgan fingerprint density at radius 1 is 1.22 bits per heavy atom. The van der Waals surface area contributed by atoms with Crippen LogP contribution in [0.1, 0.15) is 16.8 Å². The number of ether oxygens (including phenoxy) is 3. The number of benzene rings is 1. The van der Waals surface area contributed by atoms with Crippen LogP contribution in [0.2, 0.25) is 0 Å². The van der Waals surface area contributed by atoms with Crippen LogP contribution in [0.15, 0.2) is 18.2 Å². The third-order valence-electron chi connectivity index (χ3n) is 2.23. The quantitative estimate of drug-likeness (QED) is 0.622. The highest BCUT2D eigenvalue weighted by Gasteiger charge is 2.10. The standard InChI is InChI=1S/C12H15NO5/c1-16-11(14)5-6-18-10-7-8(12(15)17-2)3-4-9(10)13/h3-4,7H,5-6,13H2,1-2H3. The molecule has 0 fully saturated rings. The van der Waals surface area contributed by atoms with Gasteiger partial charge in [-0.2, -0.15) is 0 Å². The van der Waals surface area contributed by atoms with Gasteiger partial charge < -0.3 is 19.9 Å². The molecule has 0 spiro atoms. The summed E-state index contributed by atoms with van der Waals surface area (Å²) >= 11 is 0. The lowest BCUT2D eigenvalue weighted by atomic mass is 10.2. The van der Waals surface area contributed by atoms with Gasteiger partial charge in [-0.1, -0.05) is 0 Å². The Morgan fingerprint density at radius 2 is 1.94 bits per heavy atom. The largest absolute Gasteiger partial charge is 0.491 e. The second kappa shape index (κ2) is 6.48. The number of hydrogen-bond donors (Lipinski definition) is 1. The molecule has 1 rings (SSSR count). The van der Waals surface area contributed by atoms with Gasteiger partial charge in [-0.25, -0.2) is 4.79 Å². The number of rotatable bonds is 5. The van der Waals surface area contributed by atoms with E-state index in [1.807, 2.05) is 0 Å². The average Bonchev–Trinajstić information content (AvgIpc) is 2.39. The first-order valence-corrected chi connectivity index (χ1v) is 5.26. The summed E-state index contributed by atoms with van der Waals surface area (Å²) in [6.45, 7) is 0.126. The van der Waals surface area contributed by atoms with Gasteiger partial charge in [0.05, 0.1) is 38.5 Å². The first-order chi connectivity index (χ1) is 8.58. The summed E-state index contributed by atoms with van der Waals surface area (Å²) < 4.78 is 14.4. The van der Waals surface area contributed by atoms with Gasteiger partial charge in [-0.15, -0.1) is 0 Å². The molecule has 2 N–H and O–H groups in total. The summed E-state index contributed by atoms with van der Waals surface area (Å²) in [6.07, 6.45) is 0.110. The molecule has 0 saturated carbocycles. The minimum atomic E-state index is -0.479. The molecule has 0 aromatic heterocycles. The molecule has 1 aromatic rings. The molecule has 0 bridgehead atoms. The average molecular weight is 253 g/mol. The van der Waals surface area contributed by atoms with E-state index in [1.54, 1.807) is 6.07 Å². The molecule has 0 aliphatic carbocycles. The van der Waals surface area contributed by atoms with Crippen molar-refractivity contribution in [3.05, 3.63) is 23.8 Å². The number of hydrogen-bond acceptors (Lipinski definition) is 6. The second-order valence-electron chi connectivity index (χ2n) is 3.42. The fourth-order valence-electron chi connectivity index (χ4n) is 1.25. The van der Waals surface area contributed by atoms with Crippen molar-refractivity contribution < 1.29 is 23.8 Å². The molecule has 0 radical (unpaired) electrons. The van der Waals surface area contributed by atoms with Crippen molar-refractivity contribution in [3.63, 3.8) is 0 Å². The zero-order valence-electron chi connectivity index (χ0n) is 10.3. The Kier molecular flexibility index (Phi) is 4.98. The molecule has 0 saturated heterocycles. The van der Waals surface area contributed by atoms with Crippen LogP contribution in [0.3, 0.4) is 0 Å². The molecular formula is C12H15NO5. The number of anilines is 1. The van der Waals surface area contributed by atoms with Gasteiger partial charge in [-0.05, 0) is 18.2 Å². The lowest BCUT2D eigenvalue weighted by molar-refractivity contribution is -0.141. The minimum Gasteiger partial charge on any atom is -0.491 e. The van der Waals surface area contributed by atoms with Crippen LogP contribution in [-0.2, 0) is 14.3 Å². The zero-order valence-corrected chi connectivity index (χ0v) is 10.3. The van der Waals surface area contributed by atoms with Gasteiger partial charge in [0, 0.05) is 0 Å². The maximum atomic E-state index is 11.3. The molecule has 0 atom stereocenters.